The van der Waals surface area contributed by atoms with Gasteiger partial charge in [-0.25, -0.2) is 18.1 Å². The van der Waals surface area contributed by atoms with E-state index in [-0.39, 0.29) is 35.4 Å². The van der Waals surface area contributed by atoms with E-state index >= 15 is 0 Å². The van der Waals surface area contributed by atoms with Gasteiger partial charge in [-0.05, 0) is 26.0 Å². The van der Waals surface area contributed by atoms with Crippen LogP contribution in [0.5, 0.6) is 0 Å². The molecule has 0 radical (unpaired) electrons. The molecule has 7 nitrogen and oxygen atoms in total. The molecule has 1 aromatic heterocycles. The lowest BCUT2D eigenvalue weighted by Crippen LogP contribution is -2.39. The Bertz CT molecular complexity index is 825. The van der Waals surface area contributed by atoms with Crippen molar-refractivity contribution in [2.45, 2.75) is 25.3 Å². The average Bonchev–Trinajstić information content (AvgIpc) is 3.03. The van der Waals surface area contributed by atoms with Crippen molar-refractivity contribution in [2.75, 3.05) is 26.7 Å². The van der Waals surface area contributed by atoms with Crippen LogP contribution in [0.1, 0.15) is 17.6 Å². The van der Waals surface area contributed by atoms with Gasteiger partial charge in [0.2, 0.25) is 10.0 Å². The number of aryl methyl sites for hydroxylation is 1. The van der Waals surface area contributed by atoms with Gasteiger partial charge in [0.25, 0.3) is 0 Å². The fraction of sp³-hybridized carbons (Fsp3) is 0.412. The summed E-state index contributed by atoms with van der Waals surface area (Å²) >= 11 is 1.62. The Balaban J connectivity index is 0.00000364. The van der Waals surface area contributed by atoms with Crippen LogP contribution < -0.4 is 10.0 Å². The summed E-state index contributed by atoms with van der Waals surface area (Å²) in [5, 5.41) is 6.28. The molecule has 0 unspecified atom stereocenters. The maximum absolute atomic E-state index is 12.2. The second-order valence-electron chi connectivity index (χ2n) is 5.66. The third kappa shape index (κ3) is 7.72. The Morgan fingerprint density at radius 3 is 2.59 bits per heavy atom. The number of nitrogens with one attached hydrogen (secondary N) is 2. The van der Waals surface area contributed by atoms with Crippen LogP contribution in [-0.4, -0.2) is 50.9 Å². The largest absolute Gasteiger partial charge is 0.357 e. The molecule has 150 valence electrons. The molecule has 0 saturated carbocycles. The van der Waals surface area contributed by atoms with Gasteiger partial charge in [0, 0.05) is 25.5 Å². The predicted molar refractivity (Wildman–Crippen MR) is 121 cm³/mol. The van der Waals surface area contributed by atoms with E-state index in [9.17, 15) is 8.42 Å². The first-order chi connectivity index (χ1) is 12.4. The van der Waals surface area contributed by atoms with Crippen molar-refractivity contribution in [3.8, 4) is 0 Å². The molecule has 2 N–H and O–H groups in total. The smallest absolute Gasteiger partial charge is 0.240 e. The Morgan fingerprint density at radius 2 is 2.00 bits per heavy atom. The Kier molecular flexibility index (Phi) is 10.2. The highest BCUT2D eigenvalue weighted by atomic mass is 127. The number of rotatable bonds is 8. The molecule has 2 rings (SSSR count). The second kappa shape index (κ2) is 11.6. The minimum atomic E-state index is -3.50. The quantitative estimate of drug-likeness (QED) is 0.240. The van der Waals surface area contributed by atoms with Crippen LogP contribution in [0.15, 0.2) is 45.6 Å². The molecule has 0 amide bonds. The van der Waals surface area contributed by atoms with Gasteiger partial charge in [-0.2, -0.15) is 0 Å². The number of nitrogens with zero attached hydrogens (tertiary/aromatic N) is 3. The summed E-state index contributed by atoms with van der Waals surface area (Å²) in [6.45, 7) is 5.92. The number of guanidine groups is 1. The fourth-order valence-electron chi connectivity index (χ4n) is 2.29. The third-order valence-electron chi connectivity index (χ3n) is 3.48. The summed E-state index contributed by atoms with van der Waals surface area (Å²) in [4.78, 5) is 11.2. The Labute approximate surface area is 182 Å². The Morgan fingerprint density at radius 1 is 1.30 bits per heavy atom. The molecule has 0 aliphatic rings. The first kappa shape index (κ1) is 23.8. The van der Waals surface area contributed by atoms with E-state index in [1.165, 1.54) is 0 Å². The van der Waals surface area contributed by atoms with Crippen molar-refractivity contribution in [1.82, 2.24) is 19.9 Å². The fourth-order valence-corrected chi connectivity index (χ4v) is 3.94. The molecule has 1 aromatic carbocycles. The van der Waals surface area contributed by atoms with Gasteiger partial charge in [0.05, 0.1) is 28.7 Å². The summed E-state index contributed by atoms with van der Waals surface area (Å²) in [6, 6.07) is 8.32. The summed E-state index contributed by atoms with van der Waals surface area (Å²) in [7, 11) is -1.56. The molecule has 27 heavy (non-hydrogen) atoms. The molecule has 0 bridgehead atoms. The van der Waals surface area contributed by atoms with Gasteiger partial charge in [0.15, 0.2) is 5.96 Å². The van der Waals surface area contributed by atoms with Crippen molar-refractivity contribution in [2.24, 2.45) is 4.99 Å². The molecule has 0 atom stereocenters. The second-order valence-corrected chi connectivity index (χ2v) is 8.49. The van der Waals surface area contributed by atoms with Crippen LogP contribution in [0.2, 0.25) is 0 Å². The highest BCUT2D eigenvalue weighted by Crippen LogP contribution is 2.10. The molecule has 1 heterocycles. The van der Waals surface area contributed by atoms with Gasteiger partial charge in [0.1, 0.15) is 0 Å². The average molecular weight is 523 g/mol. The van der Waals surface area contributed by atoms with E-state index in [2.05, 4.69) is 20.0 Å². The van der Waals surface area contributed by atoms with E-state index in [1.54, 1.807) is 41.7 Å². The summed E-state index contributed by atoms with van der Waals surface area (Å²) in [5.41, 5.74) is 0.991. The highest BCUT2D eigenvalue weighted by Gasteiger charge is 2.12. The maximum Gasteiger partial charge on any atom is 0.240 e. The minimum absolute atomic E-state index is 0. The SMILES string of the molecule is CCNC(=NCCNS(=O)(=O)c1ccccc1)N(C)Cc1csc(C)n1.I. The van der Waals surface area contributed by atoms with Crippen LogP contribution >= 0.6 is 35.3 Å². The number of thiazole rings is 1. The third-order valence-corrected chi connectivity index (χ3v) is 5.78. The van der Waals surface area contributed by atoms with Crippen molar-refractivity contribution in [3.63, 3.8) is 0 Å². The molecule has 10 heteroatoms. The zero-order valence-corrected chi connectivity index (χ0v) is 19.6. The zero-order valence-electron chi connectivity index (χ0n) is 15.7. The topological polar surface area (TPSA) is 86.7 Å². The molecular formula is C17H26IN5O2S2. The van der Waals surface area contributed by atoms with Gasteiger partial charge in [-0.15, -0.1) is 35.3 Å². The van der Waals surface area contributed by atoms with Crippen LogP contribution in [0, 0.1) is 6.92 Å². The lowest BCUT2D eigenvalue weighted by Gasteiger charge is -2.21. The van der Waals surface area contributed by atoms with Gasteiger partial charge in [-0.1, -0.05) is 18.2 Å². The van der Waals surface area contributed by atoms with E-state index in [0.29, 0.717) is 13.1 Å². The molecule has 0 aliphatic heterocycles. The van der Waals surface area contributed by atoms with Crippen molar-refractivity contribution in [1.29, 1.82) is 0 Å². The number of hydrogen-bond acceptors (Lipinski definition) is 5. The number of hydrogen-bond donors (Lipinski definition) is 2. The number of halogens is 1. The van der Waals surface area contributed by atoms with Crippen molar-refractivity contribution >= 4 is 51.3 Å². The number of sulfonamides is 1. The number of aromatic nitrogens is 1. The van der Waals surface area contributed by atoms with Gasteiger partial charge >= 0.3 is 0 Å². The Hall–Kier alpha value is -1.24. The first-order valence-corrected chi connectivity index (χ1v) is 10.7. The molecule has 0 saturated heterocycles. The summed E-state index contributed by atoms with van der Waals surface area (Å²) in [6.07, 6.45) is 0. The monoisotopic (exact) mass is 523 g/mol. The highest BCUT2D eigenvalue weighted by molar-refractivity contribution is 14.0. The molecule has 2 aromatic rings. The summed E-state index contributed by atoms with van der Waals surface area (Å²) in [5.74, 6) is 0.720. The van der Waals surface area contributed by atoms with E-state index in [0.717, 1.165) is 23.2 Å². The minimum Gasteiger partial charge on any atom is -0.357 e. The lowest BCUT2D eigenvalue weighted by atomic mass is 10.4. The first-order valence-electron chi connectivity index (χ1n) is 8.37. The van der Waals surface area contributed by atoms with Crippen LogP contribution in [-0.2, 0) is 16.6 Å². The predicted octanol–water partition coefficient (Wildman–Crippen LogP) is 2.45. The van der Waals surface area contributed by atoms with E-state index < -0.39 is 10.0 Å². The molecule has 0 fully saturated rings. The van der Waals surface area contributed by atoms with Gasteiger partial charge < -0.3 is 10.2 Å². The van der Waals surface area contributed by atoms with Gasteiger partial charge in [-0.3, -0.25) is 4.99 Å². The maximum atomic E-state index is 12.2. The standard InChI is InChI=1S/C17H25N5O2S2.HI/c1-4-18-17(22(3)12-15-13-25-14(2)21-15)19-10-11-20-26(23,24)16-8-6-5-7-9-16;/h5-9,13,20H,4,10-12H2,1-3H3,(H,18,19);1H. The zero-order chi connectivity index (χ0) is 19.0. The van der Waals surface area contributed by atoms with Crippen molar-refractivity contribution in [3.05, 3.63) is 46.4 Å². The summed E-state index contributed by atoms with van der Waals surface area (Å²) < 4.78 is 26.9. The number of benzene rings is 1. The van der Waals surface area contributed by atoms with Crippen LogP contribution in [0.4, 0.5) is 0 Å². The molecular weight excluding hydrogens is 497 g/mol. The molecule has 0 spiro atoms. The number of aliphatic imine (C=N–C) groups is 1. The van der Waals surface area contributed by atoms with Crippen LogP contribution in [0.3, 0.4) is 0 Å². The van der Waals surface area contributed by atoms with E-state index in [1.807, 2.05) is 31.2 Å². The van der Waals surface area contributed by atoms with E-state index in [4.69, 9.17) is 0 Å². The van der Waals surface area contributed by atoms with Crippen LogP contribution in [0.25, 0.3) is 0 Å². The lowest BCUT2D eigenvalue weighted by molar-refractivity contribution is 0.471. The molecule has 0 aliphatic carbocycles. The van der Waals surface area contributed by atoms with Crippen molar-refractivity contribution < 1.29 is 8.42 Å². The normalized spacial score (nSPS) is 11.7.